The Morgan fingerprint density at radius 1 is 1.26 bits per heavy atom. The molecular weight excluding hydrogens is 296 g/mol. The molecule has 0 bridgehead atoms. The number of hydrogen-bond acceptors (Lipinski definition) is 4. The Morgan fingerprint density at radius 3 is 2.83 bits per heavy atom. The van der Waals surface area contributed by atoms with Crippen LogP contribution in [0.1, 0.15) is 32.6 Å². The summed E-state index contributed by atoms with van der Waals surface area (Å²) < 4.78 is 11.0. The minimum absolute atomic E-state index is 0.0623. The van der Waals surface area contributed by atoms with Crippen molar-refractivity contribution in [2.75, 3.05) is 25.1 Å². The number of amides is 2. The summed E-state index contributed by atoms with van der Waals surface area (Å²) >= 11 is 0. The predicted molar refractivity (Wildman–Crippen MR) is 85.7 cm³/mol. The van der Waals surface area contributed by atoms with Gasteiger partial charge in [-0.1, -0.05) is 6.92 Å². The van der Waals surface area contributed by atoms with E-state index in [1.807, 2.05) is 6.92 Å². The van der Waals surface area contributed by atoms with Crippen LogP contribution < -0.4 is 14.8 Å². The third-order valence-corrected chi connectivity index (χ3v) is 4.15. The Morgan fingerprint density at radius 2 is 2.04 bits per heavy atom. The number of nitrogens with one attached hydrogen (secondary N) is 1. The highest BCUT2D eigenvalue weighted by molar-refractivity contribution is 5.97. The number of nitrogens with zero attached hydrogens (tertiary/aromatic N) is 1. The summed E-state index contributed by atoms with van der Waals surface area (Å²) in [7, 11) is 0. The summed E-state index contributed by atoms with van der Waals surface area (Å²) in [4.78, 5) is 26.3. The number of anilines is 1. The van der Waals surface area contributed by atoms with Crippen molar-refractivity contribution < 1.29 is 19.1 Å². The van der Waals surface area contributed by atoms with Gasteiger partial charge in [0.05, 0.1) is 0 Å². The molecule has 23 heavy (non-hydrogen) atoms. The fraction of sp³-hybridized carbons (Fsp3) is 0.529. The molecule has 2 aliphatic heterocycles. The molecule has 0 spiro atoms. The molecule has 0 aliphatic carbocycles. The first-order valence-electron chi connectivity index (χ1n) is 8.19. The zero-order chi connectivity index (χ0) is 16.2. The van der Waals surface area contributed by atoms with E-state index in [1.165, 1.54) is 0 Å². The van der Waals surface area contributed by atoms with E-state index in [-0.39, 0.29) is 17.9 Å². The fourth-order valence-electron chi connectivity index (χ4n) is 3.04. The second-order valence-corrected chi connectivity index (χ2v) is 5.84. The van der Waals surface area contributed by atoms with E-state index in [2.05, 4.69) is 5.32 Å². The van der Waals surface area contributed by atoms with E-state index < -0.39 is 0 Å². The van der Waals surface area contributed by atoms with Gasteiger partial charge in [-0.2, -0.15) is 0 Å². The molecular formula is C17H22N2O4. The highest BCUT2D eigenvalue weighted by Gasteiger charge is 2.33. The molecule has 1 fully saturated rings. The van der Waals surface area contributed by atoms with E-state index >= 15 is 0 Å². The first kappa shape index (κ1) is 15.6. The lowest BCUT2D eigenvalue weighted by molar-refractivity contribution is -0.136. The average molecular weight is 318 g/mol. The molecule has 1 aromatic rings. The second kappa shape index (κ2) is 6.89. The molecule has 6 nitrogen and oxygen atoms in total. The van der Waals surface area contributed by atoms with E-state index in [4.69, 9.17) is 9.47 Å². The van der Waals surface area contributed by atoms with Crippen molar-refractivity contribution in [1.82, 2.24) is 4.90 Å². The maximum atomic E-state index is 12.5. The van der Waals surface area contributed by atoms with Gasteiger partial charge in [0.15, 0.2) is 11.5 Å². The smallest absolute Gasteiger partial charge is 0.247 e. The summed E-state index contributed by atoms with van der Waals surface area (Å²) in [6.07, 6.45) is 2.88. The predicted octanol–water partition coefficient (Wildman–Crippen LogP) is 2.19. The molecule has 2 heterocycles. The number of carbonyl (C=O) groups is 2. The Kier molecular flexibility index (Phi) is 4.69. The van der Waals surface area contributed by atoms with Crippen LogP contribution in [0.2, 0.25) is 0 Å². The Bertz CT molecular complexity index is 602. The van der Waals surface area contributed by atoms with Crippen molar-refractivity contribution in [3.05, 3.63) is 18.2 Å². The normalized spacial score (nSPS) is 19.5. The highest BCUT2D eigenvalue weighted by Crippen LogP contribution is 2.33. The van der Waals surface area contributed by atoms with Gasteiger partial charge in [0.25, 0.3) is 0 Å². The Balaban J connectivity index is 1.67. The molecule has 3 rings (SSSR count). The largest absolute Gasteiger partial charge is 0.486 e. The minimum atomic E-state index is -0.373. The fourth-order valence-corrected chi connectivity index (χ4v) is 3.04. The van der Waals surface area contributed by atoms with Crippen LogP contribution in [-0.4, -0.2) is 42.5 Å². The van der Waals surface area contributed by atoms with Crippen LogP contribution in [0, 0.1) is 0 Å². The number of fused-ring (bicyclic) bond motifs is 1. The van der Waals surface area contributed by atoms with Crippen molar-refractivity contribution in [2.45, 2.75) is 38.6 Å². The molecule has 2 aliphatic rings. The minimum Gasteiger partial charge on any atom is -0.486 e. The average Bonchev–Trinajstić information content (AvgIpc) is 3.05. The van der Waals surface area contributed by atoms with Crippen LogP contribution in [0.25, 0.3) is 0 Å². The number of hydrogen-bond donors (Lipinski definition) is 1. The Labute approximate surface area is 135 Å². The second-order valence-electron chi connectivity index (χ2n) is 5.84. The van der Waals surface area contributed by atoms with Crippen LogP contribution in [0.15, 0.2) is 18.2 Å². The molecule has 1 unspecified atom stereocenters. The quantitative estimate of drug-likeness (QED) is 0.924. The zero-order valence-corrected chi connectivity index (χ0v) is 13.3. The van der Waals surface area contributed by atoms with Gasteiger partial charge in [-0.25, -0.2) is 0 Å². The lowest BCUT2D eigenvalue weighted by atomic mass is 10.2. The topological polar surface area (TPSA) is 67.9 Å². The van der Waals surface area contributed by atoms with Gasteiger partial charge in [0, 0.05) is 24.7 Å². The van der Waals surface area contributed by atoms with Gasteiger partial charge < -0.3 is 19.7 Å². The van der Waals surface area contributed by atoms with Crippen molar-refractivity contribution in [3.8, 4) is 11.5 Å². The number of rotatable bonds is 4. The van der Waals surface area contributed by atoms with Crippen molar-refractivity contribution >= 4 is 17.5 Å². The number of carbonyl (C=O) groups excluding carboxylic acids is 2. The lowest BCUT2D eigenvalue weighted by Crippen LogP contribution is -2.43. The molecule has 0 radical (unpaired) electrons. The van der Waals surface area contributed by atoms with Gasteiger partial charge in [-0.3, -0.25) is 9.59 Å². The monoisotopic (exact) mass is 318 g/mol. The lowest BCUT2D eigenvalue weighted by Gasteiger charge is -2.24. The highest BCUT2D eigenvalue weighted by atomic mass is 16.6. The van der Waals surface area contributed by atoms with Gasteiger partial charge in [-0.05, 0) is 31.4 Å². The molecule has 1 aromatic carbocycles. The first-order valence-corrected chi connectivity index (χ1v) is 8.19. The van der Waals surface area contributed by atoms with Crippen LogP contribution in [0.4, 0.5) is 5.69 Å². The molecule has 2 amide bonds. The molecule has 6 heteroatoms. The zero-order valence-electron chi connectivity index (χ0n) is 13.3. The van der Waals surface area contributed by atoms with E-state index in [0.717, 1.165) is 12.8 Å². The SMILES string of the molecule is CCCC(=O)N1CCCC1C(=O)Nc1ccc2c(c1)OCCO2. The first-order chi connectivity index (χ1) is 11.2. The third-order valence-electron chi connectivity index (χ3n) is 4.15. The standard InChI is InChI=1S/C17H22N2O4/c1-2-4-16(20)19-8-3-5-13(19)17(21)18-12-6-7-14-15(11-12)23-10-9-22-14/h6-7,11,13H,2-5,8-10H2,1H3,(H,18,21). The third kappa shape index (κ3) is 3.41. The summed E-state index contributed by atoms with van der Waals surface area (Å²) in [5.74, 6) is 1.25. The van der Waals surface area contributed by atoms with Gasteiger partial charge in [-0.15, -0.1) is 0 Å². The molecule has 0 saturated carbocycles. The summed E-state index contributed by atoms with van der Waals surface area (Å²) in [6.45, 7) is 3.68. The summed E-state index contributed by atoms with van der Waals surface area (Å²) in [5.41, 5.74) is 0.661. The maximum Gasteiger partial charge on any atom is 0.247 e. The molecule has 1 N–H and O–H groups in total. The number of likely N-dealkylation sites (tertiary alicyclic amines) is 1. The molecule has 1 saturated heterocycles. The van der Waals surface area contributed by atoms with Crippen LogP contribution >= 0.6 is 0 Å². The van der Waals surface area contributed by atoms with E-state index in [0.29, 0.717) is 49.8 Å². The van der Waals surface area contributed by atoms with Gasteiger partial charge >= 0.3 is 0 Å². The summed E-state index contributed by atoms with van der Waals surface area (Å²) in [6, 6.07) is 4.97. The molecule has 124 valence electrons. The van der Waals surface area contributed by atoms with Crippen LogP contribution in [0.3, 0.4) is 0 Å². The van der Waals surface area contributed by atoms with Gasteiger partial charge in [0.2, 0.25) is 11.8 Å². The maximum absolute atomic E-state index is 12.5. The molecule has 1 atom stereocenters. The number of benzene rings is 1. The van der Waals surface area contributed by atoms with Crippen molar-refractivity contribution in [2.24, 2.45) is 0 Å². The Hall–Kier alpha value is -2.24. The van der Waals surface area contributed by atoms with E-state index in [9.17, 15) is 9.59 Å². The van der Waals surface area contributed by atoms with Crippen LogP contribution in [0.5, 0.6) is 11.5 Å². The van der Waals surface area contributed by atoms with E-state index in [1.54, 1.807) is 23.1 Å². The van der Waals surface area contributed by atoms with Crippen molar-refractivity contribution in [1.29, 1.82) is 0 Å². The summed E-state index contributed by atoms with van der Waals surface area (Å²) in [5, 5.41) is 2.89. The van der Waals surface area contributed by atoms with Crippen LogP contribution in [-0.2, 0) is 9.59 Å². The molecule has 0 aromatic heterocycles. The van der Waals surface area contributed by atoms with Crippen molar-refractivity contribution in [3.63, 3.8) is 0 Å². The van der Waals surface area contributed by atoms with Gasteiger partial charge in [0.1, 0.15) is 19.3 Å². The number of ether oxygens (including phenoxy) is 2.